The van der Waals surface area contributed by atoms with Crippen LogP contribution in [0, 0.1) is 0 Å². The molecule has 0 amide bonds. The smallest absolute Gasteiger partial charge is 0.320 e. The first-order valence-corrected chi connectivity index (χ1v) is 13.6. The molecule has 5 rings (SSSR count). The number of rotatable bonds is 5. The van der Waals surface area contributed by atoms with Gasteiger partial charge in [-0.05, 0) is 27.5 Å². The summed E-state index contributed by atoms with van der Waals surface area (Å²) >= 11 is 6.49. The molecule has 0 saturated heterocycles. The van der Waals surface area contributed by atoms with Crippen LogP contribution in [-0.4, -0.2) is 22.9 Å². The maximum absolute atomic E-state index is 7.33. The third-order valence-corrected chi connectivity index (χ3v) is 11.4. The minimum absolute atomic E-state index is 0.147. The molecule has 0 bridgehead atoms. The van der Waals surface area contributed by atoms with Gasteiger partial charge in [-0.2, -0.15) is 0 Å². The van der Waals surface area contributed by atoms with Gasteiger partial charge in [-0.1, -0.05) is 105 Å². The third kappa shape index (κ3) is 3.71. The van der Waals surface area contributed by atoms with Crippen LogP contribution < -0.4 is 14.8 Å². The van der Waals surface area contributed by atoms with Crippen LogP contribution in [0.25, 0.3) is 16.7 Å². The standard InChI is InChI=1S/C28H26ClN3OSi/c1-28(2,3)34(21-12-6-4-7-13-21,22-14-8-5-9-15-22)33-26-19-32(25-17-11-10-16-23(25)26)27-24(29)18-30-20-31-27/h4-20H,1-3H3. The summed E-state index contributed by atoms with van der Waals surface area (Å²) in [5.41, 5.74) is 0.982. The zero-order valence-corrected chi connectivity index (χ0v) is 21.2. The molecule has 4 nitrogen and oxygen atoms in total. The predicted octanol–water partition coefficient (Wildman–Crippen LogP) is 6.01. The Kier molecular flexibility index (Phi) is 5.76. The summed E-state index contributed by atoms with van der Waals surface area (Å²) in [5, 5.41) is 3.81. The monoisotopic (exact) mass is 483 g/mol. The van der Waals surface area contributed by atoms with Gasteiger partial charge in [-0.25, -0.2) is 9.97 Å². The van der Waals surface area contributed by atoms with E-state index in [9.17, 15) is 0 Å². The molecule has 0 atom stereocenters. The normalized spacial score (nSPS) is 12.1. The minimum Gasteiger partial charge on any atom is -0.533 e. The SMILES string of the molecule is CC(C)(C)[Si](Oc1cn(-c2ncncc2Cl)c2ccccc12)(c1ccccc1)c1ccccc1. The van der Waals surface area contributed by atoms with E-state index in [4.69, 9.17) is 16.0 Å². The van der Waals surface area contributed by atoms with Crippen LogP contribution >= 0.6 is 11.6 Å². The van der Waals surface area contributed by atoms with Gasteiger partial charge in [0.2, 0.25) is 0 Å². The second-order valence-corrected chi connectivity index (χ2v) is 14.0. The van der Waals surface area contributed by atoms with Crippen molar-refractivity contribution < 1.29 is 4.43 Å². The molecule has 5 aromatic rings. The minimum atomic E-state index is -2.79. The average Bonchev–Trinajstić information content (AvgIpc) is 3.21. The molecule has 0 aliphatic heterocycles. The zero-order chi connectivity index (χ0) is 23.8. The second kappa shape index (κ2) is 8.74. The van der Waals surface area contributed by atoms with E-state index in [1.165, 1.54) is 16.7 Å². The van der Waals surface area contributed by atoms with E-state index in [2.05, 4.69) is 104 Å². The van der Waals surface area contributed by atoms with E-state index < -0.39 is 8.32 Å². The van der Waals surface area contributed by atoms with Crippen LogP contribution in [0.1, 0.15) is 20.8 Å². The first-order valence-electron chi connectivity index (χ1n) is 11.3. The Balaban J connectivity index is 1.78. The zero-order valence-electron chi connectivity index (χ0n) is 19.4. The largest absolute Gasteiger partial charge is 0.533 e. The van der Waals surface area contributed by atoms with Gasteiger partial charge >= 0.3 is 8.32 Å². The number of aromatic nitrogens is 3. The van der Waals surface area contributed by atoms with Crippen molar-refractivity contribution in [2.75, 3.05) is 0 Å². The van der Waals surface area contributed by atoms with Crippen LogP contribution in [0.15, 0.2) is 104 Å². The Morgan fingerprint density at radius 2 is 1.41 bits per heavy atom. The van der Waals surface area contributed by atoms with E-state index in [-0.39, 0.29) is 5.04 Å². The Morgan fingerprint density at radius 3 is 2.00 bits per heavy atom. The first-order chi connectivity index (χ1) is 16.4. The molecule has 0 radical (unpaired) electrons. The Labute approximate surface area is 206 Å². The van der Waals surface area contributed by atoms with Gasteiger partial charge in [0.25, 0.3) is 0 Å². The fraction of sp³-hybridized carbons (Fsp3) is 0.143. The molecule has 2 heterocycles. The van der Waals surface area contributed by atoms with Crippen molar-refractivity contribution in [3.63, 3.8) is 0 Å². The Morgan fingerprint density at radius 1 is 0.824 bits per heavy atom. The van der Waals surface area contributed by atoms with Gasteiger partial charge in [-0.3, -0.25) is 4.57 Å². The molecule has 0 fully saturated rings. The number of hydrogen-bond acceptors (Lipinski definition) is 3. The average molecular weight is 484 g/mol. The summed E-state index contributed by atoms with van der Waals surface area (Å²) in [4.78, 5) is 8.50. The highest BCUT2D eigenvalue weighted by Gasteiger charge is 2.52. The third-order valence-electron chi connectivity index (χ3n) is 6.23. The van der Waals surface area contributed by atoms with Crippen molar-refractivity contribution in [3.05, 3.63) is 109 Å². The highest BCUT2D eigenvalue weighted by Crippen LogP contribution is 2.40. The van der Waals surface area contributed by atoms with Gasteiger partial charge in [0.15, 0.2) is 5.82 Å². The lowest BCUT2D eigenvalue weighted by Crippen LogP contribution is -2.68. The molecule has 6 heteroatoms. The van der Waals surface area contributed by atoms with Crippen LogP contribution in [-0.2, 0) is 0 Å². The number of halogens is 1. The van der Waals surface area contributed by atoms with Crippen molar-refractivity contribution in [2.45, 2.75) is 25.8 Å². The molecule has 0 unspecified atom stereocenters. The van der Waals surface area contributed by atoms with Crippen molar-refractivity contribution in [2.24, 2.45) is 0 Å². The molecule has 170 valence electrons. The van der Waals surface area contributed by atoms with E-state index >= 15 is 0 Å². The lowest BCUT2D eigenvalue weighted by atomic mass is 10.2. The van der Waals surface area contributed by atoms with Gasteiger partial charge in [0.05, 0.1) is 17.9 Å². The van der Waals surface area contributed by atoms with Crippen LogP contribution in [0.4, 0.5) is 0 Å². The number of para-hydroxylation sites is 1. The highest BCUT2D eigenvalue weighted by atomic mass is 35.5. The molecule has 3 aromatic carbocycles. The number of benzene rings is 3. The van der Waals surface area contributed by atoms with Crippen LogP contribution in [0.2, 0.25) is 10.1 Å². The van der Waals surface area contributed by atoms with Crippen LogP contribution in [0.5, 0.6) is 5.75 Å². The maximum Gasteiger partial charge on any atom is 0.320 e. The lowest BCUT2D eigenvalue weighted by Gasteiger charge is -2.42. The molecule has 0 N–H and O–H groups in total. The topological polar surface area (TPSA) is 39.9 Å². The van der Waals surface area contributed by atoms with Crippen LogP contribution in [0.3, 0.4) is 0 Å². The lowest BCUT2D eigenvalue weighted by molar-refractivity contribution is 0.512. The summed E-state index contributed by atoms with van der Waals surface area (Å²) in [7, 11) is -2.79. The maximum atomic E-state index is 7.33. The van der Waals surface area contributed by atoms with Crippen molar-refractivity contribution >= 4 is 41.2 Å². The quantitative estimate of drug-likeness (QED) is 0.287. The molecular formula is C28H26ClN3OSi. The molecule has 0 spiro atoms. The summed E-state index contributed by atoms with van der Waals surface area (Å²) in [6.45, 7) is 6.83. The van der Waals surface area contributed by atoms with E-state index in [1.54, 1.807) is 6.20 Å². The summed E-state index contributed by atoms with van der Waals surface area (Å²) < 4.78 is 9.32. The van der Waals surface area contributed by atoms with E-state index in [0.717, 1.165) is 16.7 Å². The van der Waals surface area contributed by atoms with Gasteiger partial charge in [0.1, 0.15) is 17.1 Å². The number of nitrogens with zero attached hydrogens (tertiary/aromatic N) is 3. The van der Waals surface area contributed by atoms with Crippen molar-refractivity contribution in [1.29, 1.82) is 0 Å². The van der Waals surface area contributed by atoms with Crippen molar-refractivity contribution in [1.82, 2.24) is 14.5 Å². The fourth-order valence-electron chi connectivity index (χ4n) is 4.70. The molecule has 0 saturated carbocycles. The second-order valence-electron chi connectivity index (χ2n) is 9.34. The van der Waals surface area contributed by atoms with E-state index in [0.29, 0.717) is 10.8 Å². The van der Waals surface area contributed by atoms with E-state index in [1.807, 2.05) is 22.9 Å². The molecule has 0 aliphatic rings. The summed E-state index contributed by atoms with van der Waals surface area (Å²) in [5.74, 6) is 1.45. The Hall–Kier alpha value is -3.41. The van der Waals surface area contributed by atoms with Gasteiger partial charge < -0.3 is 4.43 Å². The molecular weight excluding hydrogens is 458 g/mol. The first kappa shape index (κ1) is 22.4. The number of fused-ring (bicyclic) bond motifs is 1. The Bertz CT molecular complexity index is 1390. The molecule has 2 aromatic heterocycles. The molecule has 0 aliphatic carbocycles. The number of hydrogen-bond donors (Lipinski definition) is 0. The fourth-order valence-corrected chi connectivity index (χ4v) is 9.32. The molecule has 34 heavy (non-hydrogen) atoms. The van der Waals surface area contributed by atoms with Gasteiger partial charge in [0, 0.05) is 5.39 Å². The van der Waals surface area contributed by atoms with Crippen molar-refractivity contribution in [3.8, 4) is 11.6 Å². The highest BCUT2D eigenvalue weighted by molar-refractivity contribution is 7.00. The summed E-state index contributed by atoms with van der Waals surface area (Å²) in [6, 6.07) is 29.5. The predicted molar refractivity (Wildman–Crippen MR) is 142 cm³/mol. The van der Waals surface area contributed by atoms with Gasteiger partial charge in [-0.15, -0.1) is 0 Å². The summed E-state index contributed by atoms with van der Waals surface area (Å²) in [6.07, 6.45) is 5.14.